The summed E-state index contributed by atoms with van der Waals surface area (Å²) in [6.45, 7) is 3.38. The van der Waals surface area contributed by atoms with Gasteiger partial charge >= 0.3 is 0 Å². The zero-order chi connectivity index (χ0) is 12.1. The van der Waals surface area contributed by atoms with Crippen LogP contribution in [0.15, 0.2) is 45.0 Å². The molecule has 5 heteroatoms. The summed E-state index contributed by atoms with van der Waals surface area (Å²) < 4.78 is 0. The molecule has 0 aromatic heterocycles. The summed E-state index contributed by atoms with van der Waals surface area (Å²) in [6, 6.07) is 0. The van der Waals surface area contributed by atoms with E-state index in [0.717, 1.165) is 0 Å². The van der Waals surface area contributed by atoms with E-state index in [9.17, 15) is 10.2 Å². The van der Waals surface area contributed by atoms with Crippen molar-refractivity contribution in [2.24, 2.45) is 0 Å². The van der Waals surface area contributed by atoms with Gasteiger partial charge in [-0.3, -0.25) is 0 Å². The van der Waals surface area contributed by atoms with Crippen LogP contribution in [0.3, 0.4) is 0 Å². The Balaban J connectivity index is 2.68. The van der Waals surface area contributed by atoms with Crippen LogP contribution in [0.1, 0.15) is 13.8 Å². The fourth-order valence-electron chi connectivity index (χ4n) is 1.93. The first kappa shape index (κ1) is 11.4. The van der Waals surface area contributed by atoms with E-state index in [1.165, 1.54) is 0 Å². The van der Waals surface area contributed by atoms with Gasteiger partial charge in [-0.05, 0) is 26.0 Å². The molecule has 0 amide bonds. The molecule has 2 rings (SSSR count). The Morgan fingerprint density at radius 2 is 1.94 bits per heavy atom. The standard InChI is InChI=1S/C11H11Cl2NO2/c1-5-9(15)8-7(13)3-6(12)4-11(8,2)14-10(5)16/h3-4,14-16H,1-2H3/t11-/m0/s1. The van der Waals surface area contributed by atoms with Gasteiger partial charge in [-0.2, -0.15) is 0 Å². The topological polar surface area (TPSA) is 52.5 Å². The van der Waals surface area contributed by atoms with E-state index < -0.39 is 5.54 Å². The van der Waals surface area contributed by atoms with Crippen LogP contribution in [0, 0.1) is 0 Å². The zero-order valence-corrected chi connectivity index (χ0v) is 10.3. The molecule has 3 N–H and O–H groups in total. The van der Waals surface area contributed by atoms with E-state index in [0.29, 0.717) is 21.2 Å². The highest BCUT2D eigenvalue weighted by atomic mass is 35.5. The maximum atomic E-state index is 9.99. The van der Waals surface area contributed by atoms with Gasteiger partial charge in [0.1, 0.15) is 5.76 Å². The second-order valence-corrected chi connectivity index (χ2v) is 4.89. The van der Waals surface area contributed by atoms with Crippen molar-refractivity contribution in [3.8, 4) is 0 Å². The van der Waals surface area contributed by atoms with E-state index in [-0.39, 0.29) is 11.6 Å². The molecular formula is C11H11Cl2NO2. The Kier molecular flexibility index (Phi) is 2.48. The van der Waals surface area contributed by atoms with E-state index in [2.05, 4.69) is 5.32 Å². The van der Waals surface area contributed by atoms with E-state index in [1.807, 2.05) is 0 Å². The minimum Gasteiger partial charge on any atom is -0.507 e. The fraction of sp³-hybridized carbons (Fsp3) is 0.273. The molecule has 0 aromatic rings. The zero-order valence-electron chi connectivity index (χ0n) is 8.81. The SMILES string of the molecule is CC1=C(O)N[C@@]2(C)C=C(Cl)C=C(Cl)C2=C1O. The second kappa shape index (κ2) is 3.47. The molecule has 0 saturated heterocycles. The molecule has 0 bridgehead atoms. The van der Waals surface area contributed by atoms with Crippen molar-refractivity contribution in [1.29, 1.82) is 0 Å². The first-order chi connectivity index (χ1) is 7.35. The summed E-state index contributed by atoms with van der Waals surface area (Å²) in [5.74, 6) is -0.0868. The van der Waals surface area contributed by atoms with Gasteiger partial charge in [0.25, 0.3) is 0 Å². The van der Waals surface area contributed by atoms with Gasteiger partial charge in [-0.1, -0.05) is 23.2 Å². The van der Waals surface area contributed by atoms with Crippen molar-refractivity contribution in [2.75, 3.05) is 0 Å². The highest BCUT2D eigenvalue weighted by Gasteiger charge is 2.39. The first-order valence-corrected chi connectivity index (χ1v) is 5.49. The van der Waals surface area contributed by atoms with Crippen LogP contribution >= 0.6 is 23.2 Å². The maximum absolute atomic E-state index is 9.99. The second-order valence-electron chi connectivity index (χ2n) is 4.05. The van der Waals surface area contributed by atoms with Gasteiger partial charge in [-0.15, -0.1) is 0 Å². The molecule has 0 aromatic carbocycles. The Labute approximate surface area is 103 Å². The minimum absolute atomic E-state index is 0.0135. The average molecular weight is 260 g/mol. The highest BCUT2D eigenvalue weighted by molar-refractivity contribution is 6.36. The normalized spacial score (nSPS) is 29.5. The lowest BCUT2D eigenvalue weighted by Crippen LogP contribution is -2.46. The summed E-state index contributed by atoms with van der Waals surface area (Å²) in [5.41, 5.74) is 0.107. The van der Waals surface area contributed by atoms with E-state index in [1.54, 1.807) is 26.0 Å². The number of allylic oxidation sites excluding steroid dienone is 3. The Hall–Kier alpha value is -1.06. The highest BCUT2D eigenvalue weighted by Crippen LogP contribution is 2.41. The molecule has 0 unspecified atom stereocenters. The van der Waals surface area contributed by atoms with Crippen molar-refractivity contribution < 1.29 is 10.2 Å². The smallest absolute Gasteiger partial charge is 0.191 e. The van der Waals surface area contributed by atoms with Gasteiger partial charge in [0.05, 0.1) is 16.1 Å². The van der Waals surface area contributed by atoms with Crippen molar-refractivity contribution in [1.82, 2.24) is 5.32 Å². The van der Waals surface area contributed by atoms with Crippen molar-refractivity contribution >= 4 is 23.2 Å². The number of nitrogens with one attached hydrogen (secondary N) is 1. The number of aliphatic hydroxyl groups is 2. The van der Waals surface area contributed by atoms with Gasteiger partial charge < -0.3 is 15.5 Å². The largest absolute Gasteiger partial charge is 0.507 e. The third-order valence-electron chi connectivity index (χ3n) is 2.77. The molecular weight excluding hydrogens is 249 g/mol. The summed E-state index contributed by atoms with van der Waals surface area (Å²) in [4.78, 5) is 0. The number of rotatable bonds is 0. The third-order valence-corrected chi connectivity index (χ3v) is 3.29. The number of hydrogen-bond acceptors (Lipinski definition) is 3. The summed E-state index contributed by atoms with van der Waals surface area (Å²) in [6.07, 6.45) is 3.25. The molecule has 0 saturated carbocycles. The maximum Gasteiger partial charge on any atom is 0.191 e. The number of hydrogen-bond donors (Lipinski definition) is 3. The third kappa shape index (κ3) is 1.51. The lowest BCUT2D eigenvalue weighted by molar-refractivity contribution is 0.295. The molecule has 0 spiro atoms. The molecule has 1 heterocycles. The fourth-order valence-corrected chi connectivity index (χ4v) is 2.71. The van der Waals surface area contributed by atoms with E-state index >= 15 is 0 Å². The quantitative estimate of drug-likeness (QED) is 0.626. The van der Waals surface area contributed by atoms with Gasteiger partial charge in [0.2, 0.25) is 0 Å². The van der Waals surface area contributed by atoms with Crippen LogP contribution in [-0.2, 0) is 0 Å². The summed E-state index contributed by atoms with van der Waals surface area (Å²) in [5, 5.41) is 23.3. The number of dihydropyridines is 1. The Bertz CT molecular complexity index is 488. The van der Waals surface area contributed by atoms with E-state index in [4.69, 9.17) is 23.2 Å². The van der Waals surface area contributed by atoms with Crippen LogP contribution in [0.5, 0.6) is 0 Å². The molecule has 3 nitrogen and oxygen atoms in total. The van der Waals surface area contributed by atoms with Gasteiger partial charge in [-0.25, -0.2) is 0 Å². The van der Waals surface area contributed by atoms with Crippen LogP contribution < -0.4 is 5.32 Å². The molecule has 86 valence electrons. The Morgan fingerprint density at radius 1 is 1.31 bits per heavy atom. The minimum atomic E-state index is -0.781. The average Bonchev–Trinajstić information content (AvgIpc) is 2.11. The first-order valence-electron chi connectivity index (χ1n) is 4.73. The lowest BCUT2D eigenvalue weighted by Gasteiger charge is -2.37. The molecule has 1 atom stereocenters. The molecule has 0 radical (unpaired) electrons. The monoisotopic (exact) mass is 259 g/mol. The predicted octanol–water partition coefficient (Wildman–Crippen LogP) is 3.21. The van der Waals surface area contributed by atoms with Crippen molar-refractivity contribution in [3.05, 3.63) is 45.0 Å². The molecule has 0 fully saturated rings. The van der Waals surface area contributed by atoms with Crippen LogP contribution in [-0.4, -0.2) is 15.8 Å². The molecule has 16 heavy (non-hydrogen) atoms. The predicted molar refractivity (Wildman–Crippen MR) is 64.4 cm³/mol. The number of halogens is 2. The summed E-state index contributed by atoms with van der Waals surface area (Å²) >= 11 is 12.0. The lowest BCUT2D eigenvalue weighted by atomic mass is 9.83. The van der Waals surface area contributed by atoms with Crippen molar-refractivity contribution in [3.63, 3.8) is 0 Å². The summed E-state index contributed by atoms with van der Waals surface area (Å²) in [7, 11) is 0. The number of aliphatic hydroxyl groups excluding tert-OH is 2. The van der Waals surface area contributed by atoms with Gasteiger partial charge in [0.15, 0.2) is 5.88 Å². The molecule has 2 aliphatic rings. The molecule has 1 aliphatic carbocycles. The van der Waals surface area contributed by atoms with Gasteiger partial charge in [0, 0.05) is 10.6 Å². The van der Waals surface area contributed by atoms with Crippen LogP contribution in [0.4, 0.5) is 0 Å². The number of fused-ring (bicyclic) bond motifs is 1. The van der Waals surface area contributed by atoms with Crippen molar-refractivity contribution in [2.45, 2.75) is 19.4 Å². The van der Waals surface area contributed by atoms with Crippen LogP contribution in [0.2, 0.25) is 0 Å². The van der Waals surface area contributed by atoms with Crippen LogP contribution in [0.25, 0.3) is 0 Å². The molecule has 1 aliphatic heterocycles. The Morgan fingerprint density at radius 3 is 2.56 bits per heavy atom.